The molecule has 3 N–H and O–H groups in total. The second-order valence-electron chi connectivity index (χ2n) is 6.82. The predicted molar refractivity (Wildman–Crippen MR) is 109 cm³/mol. The van der Waals surface area contributed by atoms with E-state index < -0.39 is 0 Å². The van der Waals surface area contributed by atoms with E-state index in [4.69, 9.17) is 5.73 Å². The van der Waals surface area contributed by atoms with Crippen LogP contribution in [0, 0.1) is 6.92 Å². The zero-order valence-electron chi connectivity index (χ0n) is 14.7. The summed E-state index contributed by atoms with van der Waals surface area (Å²) in [5.41, 5.74) is 8.38. The van der Waals surface area contributed by atoms with Crippen molar-refractivity contribution in [2.75, 3.05) is 18.8 Å². The monoisotopic (exact) mass is 386 g/mol. The predicted octanol–water partition coefficient (Wildman–Crippen LogP) is 3.64. The summed E-state index contributed by atoms with van der Waals surface area (Å²) in [4.78, 5) is 20.9. The lowest BCUT2D eigenvalue weighted by Gasteiger charge is -2.32. The Morgan fingerprint density at radius 1 is 1.46 bits per heavy atom. The highest BCUT2D eigenvalue weighted by atomic mass is 32.1. The van der Waals surface area contributed by atoms with Gasteiger partial charge in [0.25, 0.3) is 5.91 Å². The maximum atomic E-state index is 12.8. The largest absolute Gasteiger partial charge is 0.375 e. The SMILES string of the molecule is Cc1cc(C(=O)N[C@@H]2CCCN(Cc3cccs3)C2)cc2sc(N)nc12. The van der Waals surface area contributed by atoms with Crippen molar-refractivity contribution in [3.63, 3.8) is 0 Å². The minimum atomic E-state index is -0.00931. The second kappa shape index (κ2) is 7.34. The van der Waals surface area contributed by atoms with Crippen molar-refractivity contribution in [2.45, 2.75) is 32.4 Å². The number of carbonyl (C=O) groups excluding carboxylic acids is 1. The molecule has 3 heterocycles. The van der Waals surface area contributed by atoms with Crippen molar-refractivity contribution >= 4 is 43.9 Å². The lowest BCUT2D eigenvalue weighted by molar-refractivity contribution is 0.0901. The molecule has 7 heteroatoms. The molecule has 5 nitrogen and oxygen atoms in total. The minimum absolute atomic E-state index is 0.00931. The Morgan fingerprint density at radius 2 is 2.35 bits per heavy atom. The van der Waals surface area contributed by atoms with Gasteiger partial charge in [0.2, 0.25) is 0 Å². The van der Waals surface area contributed by atoms with E-state index in [1.807, 2.05) is 19.1 Å². The number of fused-ring (bicyclic) bond motifs is 1. The lowest BCUT2D eigenvalue weighted by Crippen LogP contribution is -2.47. The Bertz CT molecular complexity index is 919. The summed E-state index contributed by atoms with van der Waals surface area (Å²) in [5, 5.41) is 5.87. The molecular weight excluding hydrogens is 364 g/mol. The third kappa shape index (κ3) is 3.75. The molecule has 1 aromatic carbocycles. The van der Waals surface area contributed by atoms with Gasteiger partial charge >= 0.3 is 0 Å². The summed E-state index contributed by atoms with van der Waals surface area (Å²) in [6.07, 6.45) is 2.14. The second-order valence-corrected chi connectivity index (χ2v) is 8.91. The van der Waals surface area contributed by atoms with E-state index >= 15 is 0 Å². The van der Waals surface area contributed by atoms with Crippen molar-refractivity contribution in [3.8, 4) is 0 Å². The maximum Gasteiger partial charge on any atom is 0.251 e. The van der Waals surface area contributed by atoms with Gasteiger partial charge in [-0.05, 0) is 55.5 Å². The average molecular weight is 387 g/mol. The summed E-state index contributed by atoms with van der Waals surface area (Å²) in [7, 11) is 0. The molecule has 1 atom stereocenters. The molecule has 0 spiro atoms. The first-order valence-corrected chi connectivity index (χ1v) is 10.5. The van der Waals surface area contributed by atoms with Gasteiger partial charge in [0.05, 0.1) is 10.2 Å². The molecule has 0 aliphatic carbocycles. The molecule has 1 aliphatic heterocycles. The van der Waals surface area contributed by atoms with Crippen LogP contribution >= 0.6 is 22.7 Å². The number of likely N-dealkylation sites (tertiary alicyclic amines) is 1. The fraction of sp³-hybridized carbons (Fsp3) is 0.368. The number of nitrogens with zero attached hydrogens (tertiary/aromatic N) is 2. The van der Waals surface area contributed by atoms with Crippen LogP contribution in [0.3, 0.4) is 0 Å². The number of nitrogens with one attached hydrogen (secondary N) is 1. The fourth-order valence-corrected chi connectivity index (χ4v) is 5.15. The number of aromatic nitrogens is 1. The third-order valence-corrected chi connectivity index (χ3v) is 6.46. The highest BCUT2D eigenvalue weighted by molar-refractivity contribution is 7.22. The van der Waals surface area contributed by atoms with Gasteiger partial charge in [-0.3, -0.25) is 9.69 Å². The van der Waals surface area contributed by atoms with Crippen molar-refractivity contribution in [1.82, 2.24) is 15.2 Å². The highest BCUT2D eigenvalue weighted by Gasteiger charge is 2.22. The number of hydrogen-bond acceptors (Lipinski definition) is 6. The first-order chi connectivity index (χ1) is 12.6. The van der Waals surface area contributed by atoms with Crippen LogP contribution in [0.15, 0.2) is 29.6 Å². The first-order valence-electron chi connectivity index (χ1n) is 8.81. The molecule has 2 aromatic heterocycles. The van der Waals surface area contributed by atoms with E-state index in [-0.39, 0.29) is 11.9 Å². The smallest absolute Gasteiger partial charge is 0.251 e. The molecule has 0 bridgehead atoms. The number of piperidine rings is 1. The average Bonchev–Trinajstić information content (AvgIpc) is 3.24. The number of rotatable bonds is 4. The molecule has 0 saturated carbocycles. The Morgan fingerprint density at radius 3 is 3.15 bits per heavy atom. The van der Waals surface area contributed by atoms with Crippen LogP contribution in [0.2, 0.25) is 0 Å². The summed E-state index contributed by atoms with van der Waals surface area (Å²) in [6.45, 7) is 4.94. The number of nitrogens with two attached hydrogens (primary N) is 1. The number of thiazole rings is 1. The van der Waals surface area contributed by atoms with Crippen LogP contribution in [0.5, 0.6) is 0 Å². The van der Waals surface area contributed by atoms with Crippen LogP contribution in [0.4, 0.5) is 5.13 Å². The van der Waals surface area contributed by atoms with Crippen molar-refractivity contribution in [3.05, 3.63) is 45.6 Å². The number of hydrogen-bond donors (Lipinski definition) is 2. The number of thiophene rings is 1. The van der Waals surface area contributed by atoms with Gasteiger partial charge in [-0.2, -0.15) is 0 Å². The summed E-state index contributed by atoms with van der Waals surface area (Å²) in [5.74, 6) is -0.00931. The molecule has 1 aliphatic rings. The Labute approximate surface area is 160 Å². The topological polar surface area (TPSA) is 71.2 Å². The summed E-state index contributed by atoms with van der Waals surface area (Å²) in [6, 6.07) is 8.26. The maximum absolute atomic E-state index is 12.8. The van der Waals surface area contributed by atoms with Gasteiger partial charge in [0.15, 0.2) is 5.13 Å². The van der Waals surface area contributed by atoms with Crippen molar-refractivity contribution in [1.29, 1.82) is 0 Å². The molecule has 1 amide bonds. The van der Waals surface area contributed by atoms with Crippen LogP contribution in [0.25, 0.3) is 10.2 Å². The minimum Gasteiger partial charge on any atom is -0.375 e. The standard InChI is InChI=1S/C19H22N4OS2/c1-12-8-13(9-16-17(12)22-19(20)26-16)18(24)21-14-4-2-6-23(10-14)11-15-5-3-7-25-15/h3,5,7-9,14H,2,4,6,10-11H2,1H3,(H2,20,22)(H,21,24)/t14-/m1/s1. The Balaban J connectivity index is 1.44. The molecule has 3 aromatic rings. The Hall–Kier alpha value is -1.96. The zero-order chi connectivity index (χ0) is 18.1. The summed E-state index contributed by atoms with van der Waals surface area (Å²) >= 11 is 3.22. The van der Waals surface area contributed by atoms with Gasteiger partial charge < -0.3 is 11.1 Å². The number of aryl methyl sites for hydroxylation is 1. The molecule has 1 fully saturated rings. The lowest BCUT2D eigenvalue weighted by atomic mass is 10.0. The molecule has 0 radical (unpaired) electrons. The van der Waals surface area contributed by atoms with E-state index in [1.54, 1.807) is 11.3 Å². The van der Waals surface area contributed by atoms with Crippen LogP contribution < -0.4 is 11.1 Å². The highest BCUT2D eigenvalue weighted by Crippen LogP contribution is 2.28. The summed E-state index contributed by atoms with van der Waals surface area (Å²) < 4.78 is 0.968. The molecule has 136 valence electrons. The van der Waals surface area contributed by atoms with Gasteiger partial charge in [-0.1, -0.05) is 17.4 Å². The number of benzene rings is 1. The number of nitrogen functional groups attached to an aromatic ring is 1. The van der Waals surface area contributed by atoms with E-state index in [9.17, 15) is 4.79 Å². The van der Waals surface area contributed by atoms with Crippen LogP contribution in [-0.4, -0.2) is 34.9 Å². The first kappa shape index (κ1) is 17.5. The van der Waals surface area contributed by atoms with Gasteiger partial charge in [-0.15, -0.1) is 11.3 Å². The molecule has 0 unspecified atom stereocenters. The molecular formula is C19H22N4OS2. The van der Waals surface area contributed by atoms with Crippen LogP contribution in [-0.2, 0) is 6.54 Å². The molecule has 1 saturated heterocycles. The van der Waals surface area contributed by atoms with Crippen LogP contribution in [0.1, 0.15) is 33.6 Å². The van der Waals surface area contributed by atoms with Gasteiger partial charge in [0.1, 0.15) is 0 Å². The normalized spacial score (nSPS) is 18.3. The zero-order valence-corrected chi connectivity index (χ0v) is 16.3. The molecule has 26 heavy (non-hydrogen) atoms. The van der Waals surface area contributed by atoms with E-state index in [0.717, 1.165) is 48.3 Å². The Kier molecular flexibility index (Phi) is 4.93. The van der Waals surface area contributed by atoms with E-state index in [0.29, 0.717) is 10.7 Å². The fourth-order valence-electron chi connectivity index (χ4n) is 3.55. The van der Waals surface area contributed by atoms with Crippen molar-refractivity contribution < 1.29 is 4.79 Å². The van der Waals surface area contributed by atoms with E-state index in [1.165, 1.54) is 16.2 Å². The van der Waals surface area contributed by atoms with Crippen molar-refractivity contribution in [2.24, 2.45) is 0 Å². The third-order valence-electron chi connectivity index (χ3n) is 4.76. The van der Waals surface area contributed by atoms with Gasteiger partial charge in [-0.25, -0.2) is 4.98 Å². The van der Waals surface area contributed by atoms with E-state index in [2.05, 4.69) is 32.7 Å². The molecule has 4 rings (SSSR count). The number of anilines is 1. The van der Waals surface area contributed by atoms with Gasteiger partial charge in [0, 0.05) is 29.6 Å². The number of amides is 1. The quantitative estimate of drug-likeness (QED) is 0.718. The number of carbonyl (C=O) groups is 1.